The van der Waals surface area contributed by atoms with Crippen LogP contribution in [0.1, 0.15) is 50.2 Å². The van der Waals surface area contributed by atoms with Crippen LogP contribution in [0.4, 0.5) is 0 Å². The number of carbonyl (C=O) groups is 2. The Bertz CT molecular complexity index is 910. The molecule has 1 aliphatic carbocycles. The zero-order valence-corrected chi connectivity index (χ0v) is 20.9. The molecule has 1 N–H and O–H groups in total. The van der Waals surface area contributed by atoms with Gasteiger partial charge in [0, 0.05) is 33.1 Å². The van der Waals surface area contributed by atoms with Gasteiger partial charge in [0.1, 0.15) is 6.04 Å². The van der Waals surface area contributed by atoms with E-state index < -0.39 is 6.04 Å². The fourth-order valence-electron chi connectivity index (χ4n) is 4.00. The fraction of sp³-hybridized carbons (Fsp3) is 0.440. The number of benzene rings is 2. The van der Waals surface area contributed by atoms with E-state index in [1.54, 1.807) is 23.1 Å². The molecule has 4 nitrogen and oxygen atoms in total. The summed E-state index contributed by atoms with van der Waals surface area (Å²) in [7, 11) is 0. The summed E-state index contributed by atoms with van der Waals surface area (Å²) in [6.07, 6.45) is 4.77. The first-order chi connectivity index (χ1) is 15.4. The summed E-state index contributed by atoms with van der Waals surface area (Å²) in [4.78, 5) is 29.2. The maximum Gasteiger partial charge on any atom is 0.243 e. The number of hydrogen-bond donors (Lipinski definition) is 1. The van der Waals surface area contributed by atoms with Crippen molar-refractivity contribution in [2.45, 2.75) is 69.5 Å². The van der Waals surface area contributed by atoms with Gasteiger partial charge in [0.15, 0.2) is 0 Å². The van der Waals surface area contributed by atoms with Crippen molar-refractivity contribution in [3.05, 3.63) is 63.6 Å². The van der Waals surface area contributed by atoms with Crippen LogP contribution in [0, 0.1) is 6.92 Å². The Balaban J connectivity index is 1.80. The average Bonchev–Trinajstić information content (AvgIpc) is 3.28. The number of nitrogens with one attached hydrogen (secondary N) is 1. The van der Waals surface area contributed by atoms with E-state index in [1.807, 2.05) is 38.1 Å². The van der Waals surface area contributed by atoms with Crippen LogP contribution in [0.5, 0.6) is 0 Å². The lowest BCUT2D eigenvalue weighted by Gasteiger charge is -2.32. The number of thioether (sulfide) groups is 1. The Hall–Kier alpha value is -1.69. The molecule has 1 saturated carbocycles. The third-order valence-corrected chi connectivity index (χ3v) is 7.57. The highest BCUT2D eigenvalue weighted by atomic mass is 35.5. The van der Waals surface area contributed by atoms with Gasteiger partial charge in [0.2, 0.25) is 11.8 Å². The molecule has 0 spiro atoms. The predicted molar refractivity (Wildman–Crippen MR) is 133 cm³/mol. The third kappa shape index (κ3) is 6.66. The lowest BCUT2D eigenvalue weighted by Crippen LogP contribution is -2.51. The maximum atomic E-state index is 13.4. The molecule has 172 valence electrons. The first-order valence-corrected chi connectivity index (χ1v) is 12.9. The van der Waals surface area contributed by atoms with Gasteiger partial charge >= 0.3 is 0 Å². The molecule has 0 heterocycles. The summed E-state index contributed by atoms with van der Waals surface area (Å²) in [5.41, 5.74) is 1.84. The summed E-state index contributed by atoms with van der Waals surface area (Å²) in [6.45, 7) is 4.16. The van der Waals surface area contributed by atoms with Crippen molar-refractivity contribution >= 4 is 46.8 Å². The number of halogens is 2. The zero-order chi connectivity index (χ0) is 23.1. The number of rotatable bonds is 9. The van der Waals surface area contributed by atoms with E-state index in [2.05, 4.69) is 5.32 Å². The summed E-state index contributed by atoms with van der Waals surface area (Å²) >= 11 is 14.3. The first kappa shape index (κ1) is 24.9. The fourth-order valence-corrected chi connectivity index (χ4v) is 5.30. The molecule has 0 saturated heterocycles. The van der Waals surface area contributed by atoms with Crippen LogP contribution in [-0.4, -0.2) is 34.6 Å². The largest absolute Gasteiger partial charge is 0.352 e. The minimum Gasteiger partial charge on any atom is -0.352 e. The molecule has 1 atom stereocenters. The van der Waals surface area contributed by atoms with Gasteiger partial charge < -0.3 is 10.2 Å². The van der Waals surface area contributed by atoms with Crippen LogP contribution in [0.3, 0.4) is 0 Å². The van der Waals surface area contributed by atoms with Crippen molar-refractivity contribution in [3.8, 4) is 0 Å². The second-order valence-electron chi connectivity index (χ2n) is 8.24. The van der Waals surface area contributed by atoms with Crippen molar-refractivity contribution in [1.82, 2.24) is 10.2 Å². The molecule has 7 heteroatoms. The van der Waals surface area contributed by atoms with Crippen LogP contribution in [0.15, 0.2) is 47.4 Å². The molecular formula is C25H30Cl2N2O2S. The average molecular weight is 494 g/mol. The predicted octanol–water partition coefficient (Wildman–Crippen LogP) is 6.26. The third-order valence-electron chi connectivity index (χ3n) is 5.86. The Labute approximate surface area is 205 Å². The number of hydrogen-bond acceptors (Lipinski definition) is 3. The number of aryl methyl sites for hydroxylation is 1. The highest BCUT2D eigenvalue weighted by Crippen LogP contribution is 2.28. The van der Waals surface area contributed by atoms with E-state index >= 15 is 0 Å². The molecule has 32 heavy (non-hydrogen) atoms. The van der Waals surface area contributed by atoms with E-state index in [-0.39, 0.29) is 30.2 Å². The van der Waals surface area contributed by atoms with Gasteiger partial charge in [-0.05, 0) is 50.5 Å². The lowest BCUT2D eigenvalue weighted by molar-refractivity contribution is -0.139. The molecule has 2 aromatic carbocycles. The van der Waals surface area contributed by atoms with Crippen molar-refractivity contribution in [2.75, 3.05) is 5.75 Å². The van der Waals surface area contributed by atoms with Crippen molar-refractivity contribution < 1.29 is 9.59 Å². The van der Waals surface area contributed by atoms with Gasteiger partial charge in [-0.1, -0.05) is 66.7 Å². The normalized spacial score (nSPS) is 14.9. The van der Waals surface area contributed by atoms with E-state index in [0.717, 1.165) is 30.6 Å². The van der Waals surface area contributed by atoms with Crippen LogP contribution in [-0.2, 0) is 16.1 Å². The molecular weight excluding hydrogens is 463 g/mol. The van der Waals surface area contributed by atoms with Crippen LogP contribution >= 0.6 is 35.0 Å². The molecule has 0 unspecified atom stereocenters. The van der Waals surface area contributed by atoms with Crippen molar-refractivity contribution in [2.24, 2.45) is 0 Å². The number of carbonyl (C=O) groups excluding carboxylic acids is 2. The SMILES string of the molecule is CC[C@@H](C(=O)NC1CCCC1)N(Cc1c(Cl)cccc1Cl)C(=O)CSc1ccc(C)cc1. The van der Waals surface area contributed by atoms with Crippen molar-refractivity contribution in [3.63, 3.8) is 0 Å². The minimum absolute atomic E-state index is 0.101. The zero-order valence-electron chi connectivity index (χ0n) is 18.6. The summed E-state index contributed by atoms with van der Waals surface area (Å²) in [5, 5.41) is 4.14. The van der Waals surface area contributed by atoms with Gasteiger partial charge in [0.25, 0.3) is 0 Å². The van der Waals surface area contributed by atoms with Gasteiger partial charge in [0.05, 0.1) is 5.75 Å². The Kier molecular flexibility index (Phi) is 9.33. The quantitative estimate of drug-likeness (QED) is 0.420. The van der Waals surface area contributed by atoms with E-state index in [1.165, 1.54) is 17.3 Å². The molecule has 0 bridgehead atoms. The lowest BCUT2D eigenvalue weighted by atomic mass is 10.1. The second kappa shape index (κ2) is 12.0. The molecule has 0 aliphatic heterocycles. The Morgan fingerprint density at radius 2 is 1.72 bits per heavy atom. The summed E-state index contributed by atoms with van der Waals surface area (Å²) in [6, 6.07) is 13.0. The Morgan fingerprint density at radius 3 is 2.31 bits per heavy atom. The van der Waals surface area contributed by atoms with Crippen LogP contribution in [0.25, 0.3) is 0 Å². The molecule has 0 radical (unpaired) electrons. The number of nitrogens with zero attached hydrogens (tertiary/aromatic N) is 1. The summed E-state index contributed by atoms with van der Waals surface area (Å²) < 4.78 is 0. The topological polar surface area (TPSA) is 49.4 Å². The van der Waals surface area contributed by atoms with E-state index in [0.29, 0.717) is 22.0 Å². The van der Waals surface area contributed by atoms with Gasteiger partial charge in [-0.3, -0.25) is 9.59 Å². The molecule has 1 aliphatic rings. The smallest absolute Gasteiger partial charge is 0.243 e. The highest BCUT2D eigenvalue weighted by molar-refractivity contribution is 8.00. The highest BCUT2D eigenvalue weighted by Gasteiger charge is 2.31. The molecule has 3 rings (SSSR count). The van der Waals surface area contributed by atoms with Gasteiger partial charge in [-0.15, -0.1) is 11.8 Å². The van der Waals surface area contributed by atoms with Crippen LogP contribution < -0.4 is 5.32 Å². The van der Waals surface area contributed by atoms with Gasteiger partial charge in [-0.2, -0.15) is 0 Å². The maximum absolute atomic E-state index is 13.4. The minimum atomic E-state index is -0.575. The first-order valence-electron chi connectivity index (χ1n) is 11.1. The summed E-state index contributed by atoms with van der Waals surface area (Å²) in [5.74, 6) is 0.0227. The van der Waals surface area contributed by atoms with E-state index in [4.69, 9.17) is 23.2 Å². The molecule has 2 amide bonds. The van der Waals surface area contributed by atoms with Gasteiger partial charge in [-0.25, -0.2) is 0 Å². The second-order valence-corrected chi connectivity index (χ2v) is 10.1. The molecule has 0 aromatic heterocycles. The molecule has 2 aromatic rings. The monoisotopic (exact) mass is 492 g/mol. The van der Waals surface area contributed by atoms with E-state index in [9.17, 15) is 9.59 Å². The van der Waals surface area contributed by atoms with Crippen LogP contribution in [0.2, 0.25) is 10.0 Å². The molecule has 1 fully saturated rings. The van der Waals surface area contributed by atoms with Crippen molar-refractivity contribution in [1.29, 1.82) is 0 Å². The standard InChI is InChI=1S/C25H30Cl2N2O2S/c1-3-23(25(31)28-18-7-4-5-8-18)29(15-20-21(26)9-6-10-22(20)27)24(30)16-32-19-13-11-17(2)12-14-19/h6,9-14,18,23H,3-5,7-8,15-16H2,1-2H3,(H,28,31)/t23-/m0/s1. The number of amides is 2. The Morgan fingerprint density at radius 1 is 1.09 bits per heavy atom.